The van der Waals surface area contributed by atoms with Gasteiger partial charge in [-0.2, -0.15) is 10.2 Å². The molecule has 0 spiro atoms. The standard InChI is InChI=1S/C19H21ClFN5O/c1-12(9-26-14(3)18(20)13(2)24-26)19(27)23-17-8-22-25(11-17)10-15-4-6-16(21)7-5-15/h4-8,11-12H,9-10H2,1-3H3,(H,23,27). The molecule has 0 saturated heterocycles. The number of carbonyl (C=O) groups excluding carboxylic acids is 1. The number of hydrogen-bond acceptors (Lipinski definition) is 3. The summed E-state index contributed by atoms with van der Waals surface area (Å²) in [5.74, 6) is -0.690. The van der Waals surface area contributed by atoms with Crippen molar-refractivity contribution in [3.05, 3.63) is 64.5 Å². The topological polar surface area (TPSA) is 64.7 Å². The monoisotopic (exact) mass is 389 g/mol. The second-order valence-corrected chi connectivity index (χ2v) is 6.99. The van der Waals surface area contributed by atoms with E-state index in [4.69, 9.17) is 11.6 Å². The highest BCUT2D eigenvalue weighted by Gasteiger charge is 2.18. The van der Waals surface area contributed by atoms with Crippen LogP contribution in [0.5, 0.6) is 0 Å². The summed E-state index contributed by atoms with van der Waals surface area (Å²) >= 11 is 6.15. The van der Waals surface area contributed by atoms with Crippen LogP contribution >= 0.6 is 11.6 Å². The zero-order valence-corrected chi connectivity index (χ0v) is 16.2. The van der Waals surface area contributed by atoms with Gasteiger partial charge in [0.15, 0.2) is 0 Å². The van der Waals surface area contributed by atoms with Crippen LogP contribution in [0.2, 0.25) is 5.02 Å². The van der Waals surface area contributed by atoms with Gasteiger partial charge in [0, 0.05) is 6.20 Å². The Bertz CT molecular complexity index is 948. The Hall–Kier alpha value is -2.67. The van der Waals surface area contributed by atoms with E-state index in [1.165, 1.54) is 12.1 Å². The van der Waals surface area contributed by atoms with E-state index < -0.39 is 0 Å². The van der Waals surface area contributed by atoms with Gasteiger partial charge < -0.3 is 5.32 Å². The van der Waals surface area contributed by atoms with Crippen LogP contribution < -0.4 is 5.32 Å². The minimum Gasteiger partial charge on any atom is -0.323 e. The second-order valence-electron chi connectivity index (χ2n) is 6.61. The molecule has 1 N–H and O–H groups in total. The SMILES string of the molecule is Cc1nn(CC(C)C(=O)Nc2cnn(Cc3ccc(F)cc3)c2)c(C)c1Cl. The van der Waals surface area contributed by atoms with E-state index in [0.717, 1.165) is 17.0 Å². The van der Waals surface area contributed by atoms with Gasteiger partial charge in [-0.1, -0.05) is 30.7 Å². The predicted octanol–water partition coefficient (Wildman–Crippen LogP) is 3.81. The third-order valence-corrected chi connectivity index (χ3v) is 4.89. The van der Waals surface area contributed by atoms with Crippen LogP contribution in [-0.4, -0.2) is 25.5 Å². The molecule has 0 aliphatic heterocycles. The normalized spacial score (nSPS) is 12.2. The highest BCUT2D eigenvalue weighted by atomic mass is 35.5. The number of amides is 1. The predicted molar refractivity (Wildman–Crippen MR) is 102 cm³/mol. The number of benzene rings is 1. The fraction of sp³-hybridized carbons (Fsp3) is 0.316. The van der Waals surface area contributed by atoms with Gasteiger partial charge in [0.25, 0.3) is 0 Å². The molecule has 8 heteroatoms. The smallest absolute Gasteiger partial charge is 0.229 e. The lowest BCUT2D eigenvalue weighted by Gasteiger charge is -2.12. The molecule has 142 valence electrons. The molecule has 3 aromatic rings. The molecule has 0 radical (unpaired) electrons. The summed E-state index contributed by atoms with van der Waals surface area (Å²) in [4.78, 5) is 12.5. The molecule has 1 aromatic carbocycles. The minimum absolute atomic E-state index is 0.125. The van der Waals surface area contributed by atoms with Gasteiger partial charge in [-0.05, 0) is 31.5 Å². The molecule has 0 bridgehead atoms. The molecule has 6 nitrogen and oxygen atoms in total. The largest absolute Gasteiger partial charge is 0.323 e. The highest BCUT2D eigenvalue weighted by molar-refractivity contribution is 6.31. The maximum atomic E-state index is 13.0. The molecule has 1 amide bonds. The van der Waals surface area contributed by atoms with Crippen LogP contribution in [-0.2, 0) is 17.9 Å². The van der Waals surface area contributed by atoms with Gasteiger partial charge in [0.2, 0.25) is 5.91 Å². The first-order chi connectivity index (χ1) is 12.8. The van der Waals surface area contributed by atoms with Gasteiger partial charge in [-0.15, -0.1) is 0 Å². The molecule has 0 saturated carbocycles. The first-order valence-corrected chi connectivity index (χ1v) is 8.98. The Morgan fingerprint density at radius 1 is 1.30 bits per heavy atom. The van der Waals surface area contributed by atoms with Gasteiger partial charge >= 0.3 is 0 Å². The fourth-order valence-corrected chi connectivity index (χ4v) is 2.89. The molecular formula is C19H21ClFN5O. The zero-order chi connectivity index (χ0) is 19.6. The number of aryl methyl sites for hydroxylation is 1. The van der Waals surface area contributed by atoms with Crippen molar-refractivity contribution in [3.8, 4) is 0 Å². The van der Waals surface area contributed by atoms with E-state index in [1.807, 2.05) is 20.8 Å². The van der Waals surface area contributed by atoms with Crippen molar-refractivity contribution in [2.45, 2.75) is 33.9 Å². The van der Waals surface area contributed by atoms with E-state index in [1.54, 1.807) is 33.9 Å². The van der Waals surface area contributed by atoms with Crippen molar-refractivity contribution in [2.75, 3.05) is 5.32 Å². The Morgan fingerprint density at radius 3 is 2.63 bits per heavy atom. The summed E-state index contributed by atoms with van der Waals surface area (Å²) in [6, 6.07) is 6.23. The van der Waals surface area contributed by atoms with Crippen LogP contribution in [0.3, 0.4) is 0 Å². The van der Waals surface area contributed by atoms with E-state index in [9.17, 15) is 9.18 Å². The summed E-state index contributed by atoms with van der Waals surface area (Å²) in [6.07, 6.45) is 3.34. The average Bonchev–Trinajstić information content (AvgIpc) is 3.17. The van der Waals surface area contributed by atoms with E-state index in [-0.39, 0.29) is 17.6 Å². The van der Waals surface area contributed by atoms with Crippen LogP contribution in [0.15, 0.2) is 36.7 Å². The fourth-order valence-electron chi connectivity index (χ4n) is 2.75. The lowest BCUT2D eigenvalue weighted by atomic mass is 10.1. The van der Waals surface area contributed by atoms with Crippen molar-refractivity contribution >= 4 is 23.2 Å². The average molecular weight is 390 g/mol. The molecule has 2 aromatic heterocycles. The van der Waals surface area contributed by atoms with Crippen molar-refractivity contribution < 1.29 is 9.18 Å². The number of rotatable bonds is 6. The van der Waals surface area contributed by atoms with Gasteiger partial charge in [0.1, 0.15) is 5.82 Å². The van der Waals surface area contributed by atoms with Crippen LogP contribution in [0.25, 0.3) is 0 Å². The number of carbonyl (C=O) groups is 1. The quantitative estimate of drug-likeness (QED) is 0.697. The second kappa shape index (κ2) is 7.92. The lowest BCUT2D eigenvalue weighted by molar-refractivity contribution is -0.119. The van der Waals surface area contributed by atoms with Crippen molar-refractivity contribution in [2.24, 2.45) is 5.92 Å². The maximum Gasteiger partial charge on any atom is 0.229 e. The molecule has 1 atom stereocenters. The van der Waals surface area contributed by atoms with Crippen LogP contribution in [0.1, 0.15) is 23.9 Å². The minimum atomic E-state index is -0.292. The summed E-state index contributed by atoms with van der Waals surface area (Å²) < 4.78 is 16.4. The number of aromatic nitrogens is 4. The Labute approximate surface area is 161 Å². The summed E-state index contributed by atoms with van der Waals surface area (Å²) in [5.41, 5.74) is 3.14. The number of nitrogens with one attached hydrogen (secondary N) is 1. The van der Waals surface area contributed by atoms with Gasteiger partial charge in [-0.25, -0.2) is 4.39 Å². The van der Waals surface area contributed by atoms with Crippen molar-refractivity contribution in [3.63, 3.8) is 0 Å². The number of nitrogens with zero attached hydrogens (tertiary/aromatic N) is 4. The molecule has 1 unspecified atom stereocenters. The van der Waals surface area contributed by atoms with Gasteiger partial charge in [0.05, 0.1) is 47.3 Å². The number of anilines is 1. The molecule has 0 fully saturated rings. The Kier molecular flexibility index (Phi) is 5.60. The highest BCUT2D eigenvalue weighted by Crippen LogP contribution is 2.20. The summed E-state index contributed by atoms with van der Waals surface area (Å²) in [7, 11) is 0. The molecular weight excluding hydrogens is 369 g/mol. The Morgan fingerprint density at radius 2 is 2.00 bits per heavy atom. The zero-order valence-electron chi connectivity index (χ0n) is 15.4. The number of hydrogen-bond donors (Lipinski definition) is 1. The van der Waals surface area contributed by atoms with Crippen molar-refractivity contribution in [1.82, 2.24) is 19.6 Å². The van der Waals surface area contributed by atoms with E-state index in [0.29, 0.717) is 23.8 Å². The van der Waals surface area contributed by atoms with Crippen molar-refractivity contribution in [1.29, 1.82) is 0 Å². The first-order valence-electron chi connectivity index (χ1n) is 8.60. The molecule has 3 rings (SSSR count). The van der Waals surface area contributed by atoms with E-state index >= 15 is 0 Å². The molecule has 27 heavy (non-hydrogen) atoms. The lowest BCUT2D eigenvalue weighted by Crippen LogP contribution is -2.25. The third kappa shape index (κ3) is 4.54. The summed E-state index contributed by atoms with van der Waals surface area (Å²) in [5, 5.41) is 12.1. The van der Waals surface area contributed by atoms with Gasteiger partial charge in [-0.3, -0.25) is 14.2 Å². The van der Waals surface area contributed by atoms with E-state index in [2.05, 4.69) is 15.5 Å². The first kappa shape index (κ1) is 19.1. The Balaban J connectivity index is 1.59. The maximum absolute atomic E-state index is 13.0. The summed E-state index contributed by atoms with van der Waals surface area (Å²) in [6.45, 7) is 6.49. The molecule has 2 heterocycles. The van der Waals surface area contributed by atoms with Crippen LogP contribution in [0, 0.1) is 25.6 Å². The third-order valence-electron chi connectivity index (χ3n) is 4.35. The molecule has 0 aliphatic carbocycles. The molecule has 0 aliphatic rings. The van der Waals surface area contributed by atoms with Crippen LogP contribution in [0.4, 0.5) is 10.1 Å². The number of halogens is 2.